The van der Waals surface area contributed by atoms with Crippen LogP contribution in [-0.2, 0) is 11.3 Å². The average Bonchev–Trinajstić information content (AvgIpc) is 3.41. The van der Waals surface area contributed by atoms with Gasteiger partial charge in [-0.3, -0.25) is 9.59 Å². The number of para-hydroxylation sites is 1. The molecule has 1 aliphatic rings. The predicted octanol–water partition coefficient (Wildman–Crippen LogP) is 4.46. The fourth-order valence-electron chi connectivity index (χ4n) is 3.01. The minimum Gasteiger partial charge on any atom is -0.346 e. The van der Waals surface area contributed by atoms with Crippen LogP contribution in [0.15, 0.2) is 48.5 Å². The van der Waals surface area contributed by atoms with Crippen LogP contribution >= 0.6 is 23.2 Å². The van der Waals surface area contributed by atoms with Crippen molar-refractivity contribution < 1.29 is 9.59 Å². The third-order valence-electron chi connectivity index (χ3n) is 4.51. The second-order valence-corrected chi connectivity index (χ2v) is 7.27. The Labute approximate surface area is 160 Å². The summed E-state index contributed by atoms with van der Waals surface area (Å²) in [6.45, 7) is 0.480. The number of nitrogens with zero attached hydrogens (tertiary/aromatic N) is 1. The van der Waals surface area contributed by atoms with E-state index in [1.165, 1.54) is 0 Å². The lowest BCUT2D eigenvalue weighted by molar-refractivity contribution is -0.117. The highest BCUT2D eigenvalue weighted by molar-refractivity contribution is 6.49. The Morgan fingerprint density at radius 3 is 2.42 bits per heavy atom. The van der Waals surface area contributed by atoms with Crippen molar-refractivity contribution in [3.63, 3.8) is 0 Å². The standard InChI is InChI=1S/C20H16Cl2N2O2/c21-13-7-5-12(6-8-13)11-24-16-4-2-1-3-15(16)17(19(24)22)18(25)20(26)23-14-9-10-14/h1-8,14H,9-11H2,(H,23,26). The van der Waals surface area contributed by atoms with Gasteiger partial charge in [0.1, 0.15) is 5.15 Å². The summed E-state index contributed by atoms with van der Waals surface area (Å²) >= 11 is 12.5. The highest BCUT2D eigenvalue weighted by atomic mass is 35.5. The summed E-state index contributed by atoms with van der Waals surface area (Å²) in [5.74, 6) is -1.18. The highest BCUT2D eigenvalue weighted by Gasteiger charge is 2.30. The Morgan fingerprint density at radius 1 is 1.04 bits per heavy atom. The van der Waals surface area contributed by atoms with Gasteiger partial charge in [-0.05, 0) is 36.6 Å². The van der Waals surface area contributed by atoms with Gasteiger partial charge in [0.15, 0.2) is 0 Å². The summed E-state index contributed by atoms with van der Waals surface area (Å²) in [5.41, 5.74) is 2.07. The van der Waals surface area contributed by atoms with E-state index in [0.717, 1.165) is 23.9 Å². The summed E-state index contributed by atoms with van der Waals surface area (Å²) in [5, 5.41) is 4.35. The number of nitrogens with one attached hydrogen (secondary N) is 1. The minimum atomic E-state index is -0.594. The number of carbonyl (C=O) groups excluding carboxylic acids is 2. The molecule has 132 valence electrons. The van der Waals surface area contributed by atoms with Gasteiger partial charge in [-0.1, -0.05) is 53.5 Å². The molecule has 1 heterocycles. The highest BCUT2D eigenvalue weighted by Crippen LogP contribution is 2.32. The van der Waals surface area contributed by atoms with E-state index in [4.69, 9.17) is 23.2 Å². The molecule has 0 aliphatic heterocycles. The van der Waals surface area contributed by atoms with Gasteiger partial charge in [-0.25, -0.2) is 0 Å². The van der Waals surface area contributed by atoms with Crippen LogP contribution in [-0.4, -0.2) is 22.3 Å². The molecule has 2 aromatic carbocycles. The molecule has 3 aromatic rings. The van der Waals surface area contributed by atoms with Gasteiger partial charge < -0.3 is 9.88 Å². The first-order valence-electron chi connectivity index (χ1n) is 8.41. The second kappa shape index (κ2) is 6.78. The van der Waals surface area contributed by atoms with Crippen molar-refractivity contribution in [3.8, 4) is 0 Å². The SMILES string of the molecule is O=C(NC1CC1)C(=O)c1c(Cl)n(Cc2ccc(Cl)cc2)c2ccccc12. The van der Waals surface area contributed by atoms with E-state index < -0.39 is 11.7 Å². The Kier molecular flexibility index (Phi) is 4.47. The topological polar surface area (TPSA) is 51.1 Å². The second-order valence-electron chi connectivity index (χ2n) is 6.47. The summed E-state index contributed by atoms with van der Waals surface area (Å²) in [6.07, 6.45) is 1.84. The molecule has 1 aromatic heterocycles. The molecule has 26 heavy (non-hydrogen) atoms. The zero-order chi connectivity index (χ0) is 18.3. The molecule has 1 fully saturated rings. The van der Waals surface area contributed by atoms with Gasteiger partial charge in [0, 0.05) is 23.0 Å². The van der Waals surface area contributed by atoms with Crippen LogP contribution in [0, 0.1) is 0 Å². The van der Waals surface area contributed by atoms with Gasteiger partial charge in [0.05, 0.1) is 11.1 Å². The van der Waals surface area contributed by atoms with E-state index in [2.05, 4.69) is 5.32 Å². The summed E-state index contributed by atoms with van der Waals surface area (Å²) in [6, 6.07) is 15.0. The van der Waals surface area contributed by atoms with Crippen molar-refractivity contribution in [3.05, 3.63) is 69.8 Å². The maximum atomic E-state index is 12.7. The van der Waals surface area contributed by atoms with Crippen molar-refractivity contribution >= 4 is 45.8 Å². The lowest BCUT2D eigenvalue weighted by Gasteiger charge is -2.08. The number of amides is 1. The first-order chi connectivity index (χ1) is 12.5. The van der Waals surface area contributed by atoms with Crippen LogP contribution in [0.5, 0.6) is 0 Å². The van der Waals surface area contributed by atoms with E-state index in [0.29, 0.717) is 17.0 Å². The number of aromatic nitrogens is 1. The normalized spacial score (nSPS) is 13.8. The molecule has 0 bridgehead atoms. The largest absolute Gasteiger partial charge is 0.346 e. The molecule has 4 nitrogen and oxygen atoms in total. The van der Waals surface area contributed by atoms with Crippen molar-refractivity contribution in [1.82, 2.24) is 9.88 Å². The maximum absolute atomic E-state index is 12.7. The van der Waals surface area contributed by atoms with Crippen LogP contribution in [0.3, 0.4) is 0 Å². The molecule has 1 amide bonds. The number of carbonyl (C=O) groups is 2. The number of hydrogen-bond acceptors (Lipinski definition) is 2. The van der Waals surface area contributed by atoms with Crippen molar-refractivity contribution in [2.75, 3.05) is 0 Å². The predicted molar refractivity (Wildman–Crippen MR) is 103 cm³/mol. The number of ketones is 1. The van der Waals surface area contributed by atoms with E-state index in [-0.39, 0.29) is 16.8 Å². The molecule has 1 aliphatic carbocycles. The molecule has 6 heteroatoms. The first kappa shape index (κ1) is 17.1. The number of fused-ring (bicyclic) bond motifs is 1. The van der Waals surface area contributed by atoms with Crippen molar-refractivity contribution in [2.45, 2.75) is 25.4 Å². The van der Waals surface area contributed by atoms with Crippen LogP contribution in [0.1, 0.15) is 28.8 Å². The van der Waals surface area contributed by atoms with Gasteiger partial charge in [0.25, 0.3) is 11.7 Å². The first-order valence-corrected chi connectivity index (χ1v) is 9.16. The van der Waals surface area contributed by atoms with E-state index in [1.54, 1.807) is 0 Å². The van der Waals surface area contributed by atoms with Crippen LogP contribution < -0.4 is 5.32 Å². The monoisotopic (exact) mass is 386 g/mol. The average molecular weight is 387 g/mol. The molecule has 0 unspecified atom stereocenters. The molecular weight excluding hydrogens is 371 g/mol. The quantitative estimate of drug-likeness (QED) is 0.519. The fraction of sp³-hybridized carbons (Fsp3) is 0.200. The van der Waals surface area contributed by atoms with Gasteiger partial charge in [0.2, 0.25) is 0 Å². The Hall–Kier alpha value is -2.30. The van der Waals surface area contributed by atoms with E-state index >= 15 is 0 Å². The minimum absolute atomic E-state index is 0.118. The molecule has 0 spiro atoms. The molecule has 0 radical (unpaired) electrons. The Morgan fingerprint density at radius 2 is 1.73 bits per heavy atom. The van der Waals surface area contributed by atoms with Gasteiger partial charge in [-0.15, -0.1) is 0 Å². The molecule has 0 saturated heterocycles. The number of hydrogen-bond donors (Lipinski definition) is 1. The molecule has 1 saturated carbocycles. The third-order valence-corrected chi connectivity index (χ3v) is 5.15. The molecule has 1 N–H and O–H groups in total. The number of benzene rings is 2. The number of rotatable bonds is 5. The smallest absolute Gasteiger partial charge is 0.292 e. The summed E-state index contributed by atoms with van der Waals surface area (Å²) < 4.78 is 1.85. The van der Waals surface area contributed by atoms with E-state index in [1.807, 2.05) is 53.1 Å². The van der Waals surface area contributed by atoms with Gasteiger partial charge >= 0.3 is 0 Å². The Balaban J connectivity index is 1.76. The lowest BCUT2D eigenvalue weighted by atomic mass is 10.1. The van der Waals surface area contributed by atoms with Crippen LogP contribution in [0.25, 0.3) is 10.9 Å². The van der Waals surface area contributed by atoms with Crippen molar-refractivity contribution in [1.29, 1.82) is 0 Å². The summed E-state index contributed by atoms with van der Waals surface area (Å²) in [4.78, 5) is 25.0. The Bertz CT molecular complexity index is 1000. The zero-order valence-corrected chi connectivity index (χ0v) is 15.3. The molecular formula is C20H16Cl2N2O2. The molecule has 4 rings (SSSR count). The molecule has 0 atom stereocenters. The lowest BCUT2D eigenvalue weighted by Crippen LogP contribution is -2.32. The van der Waals surface area contributed by atoms with Gasteiger partial charge in [-0.2, -0.15) is 0 Å². The third kappa shape index (κ3) is 3.22. The number of Topliss-reactive ketones (excluding diaryl/α,β-unsaturated/α-hetero) is 1. The summed E-state index contributed by atoms with van der Waals surface area (Å²) in [7, 11) is 0. The zero-order valence-electron chi connectivity index (χ0n) is 13.8. The maximum Gasteiger partial charge on any atom is 0.292 e. The number of halogens is 2. The van der Waals surface area contributed by atoms with Crippen LogP contribution in [0.4, 0.5) is 0 Å². The van der Waals surface area contributed by atoms with E-state index in [9.17, 15) is 9.59 Å². The van der Waals surface area contributed by atoms with Crippen molar-refractivity contribution in [2.24, 2.45) is 0 Å². The fourth-order valence-corrected chi connectivity index (χ4v) is 3.47. The van der Waals surface area contributed by atoms with Crippen LogP contribution in [0.2, 0.25) is 10.2 Å².